The lowest BCUT2D eigenvalue weighted by molar-refractivity contribution is 0.273. The molecule has 0 unspecified atom stereocenters. The Balaban J connectivity index is 1.68. The largest absolute Gasteiger partial charge is 0.493 e. The number of nitrogens with one attached hydrogen (secondary N) is 1. The molecule has 2 atom stereocenters. The molecular weight excluding hydrogens is 324 g/mol. The number of hydrogen-bond acceptors (Lipinski definition) is 4. The standard InChI is InChI=1S/C22H30N2O2/c1-24(2)20(18-10-12-21(25-3)22(14-18)26-4)15-23-19-11-9-16-7-5-6-8-17(16)13-19/h5-8,10,12,14,19-20,23H,9,11,13,15H2,1-4H3/t19-,20+/m1/s1. The van der Waals surface area contributed by atoms with Gasteiger partial charge in [-0.15, -0.1) is 0 Å². The number of likely N-dealkylation sites (N-methyl/N-ethyl adjacent to an activating group) is 1. The van der Waals surface area contributed by atoms with Gasteiger partial charge in [0.2, 0.25) is 0 Å². The van der Waals surface area contributed by atoms with Crippen molar-refractivity contribution in [3.63, 3.8) is 0 Å². The van der Waals surface area contributed by atoms with Gasteiger partial charge in [-0.3, -0.25) is 0 Å². The van der Waals surface area contributed by atoms with E-state index in [9.17, 15) is 0 Å². The van der Waals surface area contributed by atoms with E-state index in [1.165, 1.54) is 23.1 Å². The molecule has 0 bridgehead atoms. The van der Waals surface area contributed by atoms with Crippen LogP contribution in [0.4, 0.5) is 0 Å². The first-order chi connectivity index (χ1) is 12.6. The number of benzene rings is 2. The first-order valence-corrected chi connectivity index (χ1v) is 9.31. The summed E-state index contributed by atoms with van der Waals surface area (Å²) in [5.41, 5.74) is 4.23. The van der Waals surface area contributed by atoms with Crippen LogP contribution in [-0.2, 0) is 12.8 Å². The van der Waals surface area contributed by atoms with Crippen LogP contribution >= 0.6 is 0 Å². The lowest BCUT2D eigenvalue weighted by atomic mass is 9.88. The minimum Gasteiger partial charge on any atom is -0.493 e. The fourth-order valence-electron chi connectivity index (χ4n) is 3.81. The number of methoxy groups -OCH3 is 2. The Labute approximate surface area is 157 Å². The van der Waals surface area contributed by atoms with Crippen molar-refractivity contribution in [2.45, 2.75) is 31.3 Å². The molecule has 4 nitrogen and oxygen atoms in total. The van der Waals surface area contributed by atoms with E-state index in [1.54, 1.807) is 14.2 Å². The SMILES string of the molecule is COc1ccc([C@H](CN[C@@H]2CCc3ccccc3C2)N(C)C)cc1OC. The van der Waals surface area contributed by atoms with Gasteiger partial charge in [0, 0.05) is 18.6 Å². The highest BCUT2D eigenvalue weighted by atomic mass is 16.5. The third kappa shape index (κ3) is 4.19. The van der Waals surface area contributed by atoms with Crippen molar-refractivity contribution in [3.05, 3.63) is 59.2 Å². The minimum atomic E-state index is 0.284. The van der Waals surface area contributed by atoms with E-state index >= 15 is 0 Å². The summed E-state index contributed by atoms with van der Waals surface area (Å²) in [5, 5.41) is 3.79. The van der Waals surface area contributed by atoms with Crippen LogP contribution in [-0.4, -0.2) is 45.8 Å². The molecular formula is C22H30N2O2. The van der Waals surface area contributed by atoms with Crippen molar-refractivity contribution in [1.29, 1.82) is 0 Å². The van der Waals surface area contributed by atoms with Crippen molar-refractivity contribution in [3.8, 4) is 11.5 Å². The molecule has 2 aromatic carbocycles. The lowest BCUT2D eigenvalue weighted by Gasteiger charge is -2.30. The summed E-state index contributed by atoms with van der Waals surface area (Å²) in [6, 6.07) is 15.8. The molecule has 3 rings (SSSR count). The van der Waals surface area contributed by atoms with Gasteiger partial charge in [-0.25, -0.2) is 0 Å². The Morgan fingerprint density at radius 1 is 1.04 bits per heavy atom. The lowest BCUT2D eigenvalue weighted by Crippen LogP contribution is -2.40. The maximum atomic E-state index is 5.48. The van der Waals surface area contributed by atoms with E-state index < -0.39 is 0 Å². The third-order valence-electron chi connectivity index (χ3n) is 5.36. The van der Waals surface area contributed by atoms with Crippen LogP contribution in [0.3, 0.4) is 0 Å². The van der Waals surface area contributed by atoms with Crippen molar-refractivity contribution in [2.75, 3.05) is 34.9 Å². The average molecular weight is 354 g/mol. The summed E-state index contributed by atoms with van der Waals surface area (Å²) in [6.07, 6.45) is 3.47. The van der Waals surface area contributed by atoms with Gasteiger partial charge in [-0.2, -0.15) is 0 Å². The number of nitrogens with zero attached hydrogens (tertiary/aromatic N) is 1. The number of aryl methyl sites for hydroxylation is 1. The van der Waals surface area contributed by atoms with Gasteiger partial charge >= 0.3 is 0 Å². The van der Waals surface area contributed by atoms with Gasteiger partial charge in [0.1, 0.15) is 0 Å². The second-order valence-corrected chi connectivity index (χ2v) is 7.21. The number of hydrogen-bond donors (Lipinski definition) is 1. The van der Waals surface area contributed by atoms with Crippen LogP contribution in [0.2, 0.25) is 0 Å². The highest BCUT2D eigenvalue weighted by Gasteiger charge is 2.21. The van der Waals surface area contributed by atoms with Gasteiger partial charge in [-0.05, 0) is 62.2 Å². The molecule has 0 aromatic heterocycles. The Bertz CT molecular complexity index is 730. The van der Waals surface area contributed by atoms with Crippen LogP contribution in [0, 0.1) is 0 Å². The molecule has 0 fully saturated rings. The van der Waals surface area contributed by atoms with Gasteiger partial charge in [0.25, 0.3) is 0 Å². The molecule has 0 saturated heterocycles. The monoisotopic (exact) mass is 354 g/mol. The van der Waals surface area contributed by atoms with Crippen molar-refractivity contribution < 1.29 is 9.47 Å². The Morgan fingerprint density at radius 2 is 1.77 bits per heavy atom. The second kappa shape index (κ2) is 8.56. The Morgan fingerprint density at radius 3 is 2.46 bits per heavy atom. The summed E-state index contributed by atoms with van der Waals surface area (Å²) in [6.45, 7) is 0.912. The molecule has 140 valence electrons. The second-order valence-electron chi connectivity index (χ2n) is 7.21. The van der Waals surface area contributed by atoms with E-state index in [4.69, 9.17) is 9.47 Å². The van der Waals surface area contributed by atoms with E-state index in [0.717, 1.165) is 30.9 Å². The van der Waals surface area contributed by atoms with E-state index in [2.05, 4.69) is 60.7 Å². The molecule has 26 heavy (non-hydrogen) atoms. The third-order valence-corrected chi connectivity index (χ3v) is 5.36. The summed E-state index contributed by atoms with van der Waals surface area (Å²) >= 11 is 0. The van der Waals surface area contributed by atoms with Crippen molar-refractivity contribution >= 4 is 0 Å². The van der Waals surface area contributed by atoms with E-state index in [1.807, 2.05) is 6.07 Å². The van der Waals surface area contributed by atoms with Crippen LogP contribution in [0.15, 0.2) is 42.5 Å². The molecule has 0 aliphatic heterocycles. The van der Waals surface area contributed by atoms with E-state index in [-0.39, 0.29) is 6.04 Å². The van der Waals surface area contributed by atoms with Crippen LogP contribution in [0.1, 0.15) is 29.2 Å². The topological polar surface area (TPSA) is 33.7 Å². The molecule has 0 radical (unpaired) electrons. The summed E-state index contributed by atoms with van der Waals surface area (Å²) in [5.74, 6) is 1.55. The van der Waals surface area contributed by atoms with Crippen LogP contribution in [0.5, 0.6) is 11.5 Å². The predicted octanol–water partition coefficient (Wildman–Crippen LogP) is 3.45. The zero-order valence-corrected chi connectivity index (χ0v) is 16.3. The molecule has 0 heterocycles. The first-order valence-electron chi connectivity index (χ1n) is 9.31. The smallest absolute Gasteiger partial charge is 0.161 e. The quantitative estimate of drug-likeness (QED) is 0.826. The Hall–Kier alpha value is -2.04. The predicted molar refractivity (Wildman–Crippen MR) is 106 cm³/mol. The fourth-order valence-corrected chi connectivity index (χ4v) is 3.81. The minimum absolute atomic E-state index is 0.284. The fraction of sp³-hybridized carbons (Fsp3) is 0.455. The molecule has 1 aliphatic rings. The number of ether oxygens (including phenoxy) is 2. The first kappa shape index (κ1) is 18.7. The summed E-state index contributed by atoms with van der Waals surface area (Å²) in [4.78, 5) is 2.25. The van der Waals surface area contributed by atoms with Crippen LogP contribution < -0.4 is 14.8 Å². The highest BCUT2D eigenvalue weighted by molar-refractivity contribution is 5.44. The number of rotatable bonds is 7. The molecule has 2 aromatic rings. The van der Waals surface area contributed by atoms with Gasteiger partial charge in [0.05, 0.1) is 14.2 Å². The van der Waals surface area contributed by atoms with Crippen molar-refractivity contribution in [2.24, 2.45) is 0 Å². The van der Waals surface area contributed by atoms with E-state index in [0.29, 0.717) is 6.04 Å². The molecule has 1 N–H and O–H groups in total. The molecule has 0 spiro atoms. The average Bonchev–Trinajstić information content (AvgIpc) is 2.67. The van der Waals surface area contributed by atoms with Crippen LogP contribution in [0.25, 0.3) is 0 Å². The number of fused-ring (bicyclic) bond motifs is 1. The molecule has 0 saturated carbocycles. The normalized spacial score (nSPS) is 17.7. The molecule has 4 heteroatoms. The van der Waals surface area contributed by atoms with Gasteiger partial charge in [-0.1, -0.05) is 30.3 Å². The molecule has 0 amide bonds. The van der Waals surface area contributed by atoms with Crippen molar-refractivity contribution in [1.82, 2.24) is 10.2 Å². The van der Waals surface area contributed by atoms with Gasteiger partial charge < -0.3 is 19.7 Å². The maximum absolute atomic E-state index is 5.48. The van der Waals surface area contributed by atoms with Gasteiger partial charge in [0.15, 0.2) is 11.5 Å². The molecule has 1 aliphatic carbocycles. The highest BCUT2D eigenvalue weighted by Crippen LogP contribution is 2.31. The summed E-state index contributed by atoms with van der Waals surface area (Å²) < 4.78 is 10.8. The zero-order valence-electron chi connectivity index (χ0n) is 16.3. The maximum Gasteiger partial charge on any atom is 0.161 e. The Kier molecular flexibility index (Phi) is 6.17. The zero-order chi connectivity index (χ0) is 18.5. The summed E-state index contributed by atoms with van der Waals surface area (Å²) in [7, 11) is 7.60.